The molecule has 0 saturated carbocycles. The maximum atomic E-state index is 5.70. The third-order valence-electron chi connectivity index (χ3n) is 3.12. The van der Waals surface area contributed by atoms with E-state index in [0.29, 0.717) is 17.9 Å². The largest absolute Gasteiger partial charge is 0.384 e. The van der Waals surface area contributed by atoms with E-state index in [0.717, 1.165) is 19.7 Å². The van der Waals surface area contributed by atoms with Gasteiger partial charge in [-0.25, -0.2) is 0 Å². The summed E-state index contributed by atoms with van der Waals surface area (Å²) in [4.78, 5) is 2.54. The Kier molecular flexibility index (Phi) is 4.85. The highest BCUT2D eigenvalue weighted by Gasteiger charge is 2.28. The molecule has 0 aromatic heterocycles. The molecule has 1 heterocycles. The van der Waals surface area contributed by atoms with Gasteiger partial charge < -0.3 is 10.5 Å². The fourth-order valence-electron chi connectivity index (χ4n) is 2.38. The maximum absolute atomic E-state index is 5.70. The lowest BCUT2D eigenvalue weighted by Crippen LogP contribution is -2.33. The van der Waals surface area contributed by atoms with Gasteiger partial charge in [-0.1, -0.05) is 6.92 Å². The van der Waals surface area contributed by atoms with Crippen molar-refractivity contribution in [2.75, 3.05) is 33.4 Å². The van der Waals surface area contributed by atoms with Crippen LogP contribution in [-0.4, -0.2) is 44.3 Å². The first-order chi connectivity index (χ1) is 6.67. The Morgan fingerprint density at radius 1 is 1.57 bits per heavy atom. The molecule has 0 aromatic rings. The van der Waals surface area contributed by atoms with E-state index in [1.807, 2.05) is 0 Å². The SMILES string of the molecule is COCC(C)CN1CC(CN)CC1C. The van der Waals surface area contributed by atoms with Crippen molar-refractivity contribution in [2.24, 2.45) is 17.6 Å². The fourth-order valence-corrected chi connectivity index (χ4v) is 2.38. The molecule has 1 rings (SSSR count). The summed E-state index contributed by atoms with van der Waals surface area (Å²) in [7, 11) is 1.77. The Hall–Kier alpha value is -0.120. The number of hydrogen-bond acceptors (Lipinski definition) is 3. The molecular formula is C11H24N2O. The number of rotatable bonds is 5. The van der Waals surface area contributed by atoms with Gasteiger partial charge in [0.25, 0.3) is 0 Å². The number of nitrogens with two attached hydrogens (primary N) is 1. The average Bonchev–Trinajstić information content (AvgIpc) is 2.48. The van der Waals surface area contributed by atoms with Crippen molar-refractivity contribution in [1.29, 1.82) is 0 Å². The molecule has 1 fully saturated rings. The average molecular weight is 200 g/mol. The third-order valence-corrected chi connectivity index (χ3v) is 3.12. The van der Waals surface area contributed by atoms with Crippen LogP contribution in [0, 0.1) is 11.8 Å². The van der Waals surface area contributed by atoms with Gasteiger partial charge in [0.1, 0.15) is 0 Å². The second-order valence-electron chi connectivity index (χ2n) is 4.70. The molecule has 1 saturated heterocycles. The van der Waals surface area contributed by atoms with Crippen LogP contribution in [-0.2, 0) is 4.74 Å². The van der Waals surface area contributed by atoms with Crippen LogP contribution in [0.25, 0.3) is 0 Å². The van der Waals surface area contributed by atoms with Gasteiger partial charge in [-0.15, -0.1) is 0 Å². The predicted octanol–water partition coefficient (Wildman–Crippen LogP) is 0.938. The van der Waals surface area contributed by atoms with Gasteiger partial charge in [0.15, 0.2) is 0 Å². The van der Waals surface area contributed by atoms with Gasteiger partial charge in [-0.05, 0) is 31.7 Å². The fraction of sp³-hybridized carbons (Fsp3) is 1.00. The highest BCUT2D eigenvalue weighted by atomic mass is 16.5. The standard InChI is InChI=1S/C11H24N2O/c1-9(8-14-3)6-13-7-11(5-12)4-10(13)2/h9-11H,4-8,12H2,1-3H3. The van der Waals surface area contributed by atoms with Crippen LogP contribution in [0.2, 0.25) is 0 Å². The van der Waals surface area contributed by atoms with E-state index in [2.05, 4.69) is 18.7 Å². The number of likely N-dealkylation sites (tertiary alicyclic amines) is 1. The van der Waals surface area contributed by atoms with Gasteiger partial charge in [0.2, 0.25) is 0 Å². The van der Waals surface area contributed by atoms with E-state index in [-0.39, 0.29) is 0 Å². The summed E-state index contributed by atoms with van der Waals surface area (Å²) < 4.78 is 5.15. The third kappa shape index (κ3) is 3.23. The zero-order valence-electron chi connectivity index (χ0n) is 9.70. The summed E-state index contributed by atoms with van der Waals surface area (Å²) in [6.45, 7) is 8.55. The molecule has 3 nitrogen and oxygen atoms in total. The van der Waals surface area contributed by atoms with Crippen LogP contribution >= 0.6 is 0 Å². The van der Waals surface area contributed by atoms with Crippen LogP contribution < -0.4 is 5.73 Å². The monoisotopic (exact) mass is 200 g/mol. The van der Waals surface area contributed by atoms with E-state index >= 15 is 0 Å². The molecule has 0 aliphatic carbocycles. The van der Waals surface area contributed by atoms with E-state index in [1.165, 1.54) is 13.0 Å². The minimum atomic E-state index is 0.624. The molecule has 0 radical (unpaired) electrons. The molecule has 84 valence electrons. The van der Waals surface area contributed by atoms with E-state index in [1.54, 1.807) is 7.11 Å². The van der Waals surface area contributed by atoms with E-state index in [9.17, 15) is 0 Å². The first-order valence-corrected chi connectivity index (χ1v) is 5.60. The van der Waals surface area contributed by atoms with Crippen molar-refractivity contribution in [3.05, 3.63) is 0 Å². The Balaban J connectivity index is 2.30. The first-order valence-electron chi connectivity index (χ1n) is 5.60. The summed E-state index contributed by atoms with van der Waals surface area (Å²) in [5.41, 5.74) is 5.70. The minimum Gasteiger partial charge on any atom is -0.384 e. The molecule has 0 aromatic carbocycles. The molecular weight excluding hydrogens is 176 g/mol. The molecule has 0 amide bonds. The second kappa shape index (κ2) is 5.69. The van der Waals surface area contributed by atoms with Gasteiger partial charge in [0.05, 0.1) is 0 Å². The molecule has 0 bridgehead atoms. The molecule has 3 atom stereocenters. The predicted molar refractivity (Wildman–Crippen MR) is 59.2 cm³/mol. The first kappa shape index (κ1) is 12.0. The van der Waals surface area contributed by atoms with Crippen LogP contribution in [0.4, 0.5) is 0 Å². The summed E-state index contributed by atoms with van der Waals surface area (Å²) in [5, 5.41) is 0. The number of hydrogen-bond donors (Lipinski definition) is 1. The quantitative estimate of drug-likeness (QED) is 0.718. The Morgan fingerprint density at radius 2 is 2.29 bits per heavy atom. The number of nitrogens with zero attached hydrogens (tertiary/aromatic N) is 1. The molecule has 0 spiro atoms. The van der Waals surface area contributed by atoms with Gasteiger partial charge in [-0.3, -0.25) is 4.90 Å². The van der Waals surface area contributed by atoms with Gasteiger partial charge in [0, 0.05) is 32.8 Å². The Labute approximate surface area is 87.6 Å². The van der Waals surface area contributed by atoms with E-state index in [4.69, 9.17) is 10.5 Å². The Morgan fingerprint density at radius 3 is 2.79 bits per heavy atom. The summed E-state index contributed by atoms with van der Waals surface area (Å²) in [6, 6.07) is 0.697. The lowest BCUT2D eigenvalue weighted by molar-refractivity contribution is 0.126. The summed E-state index contributed by atoms with van der Waals surface area (Å²) >= 11 is 0. The smallest absolute Gasteiger partial charge is 0.0500 e. The van der Waals surface area contributed by atoms with E-state index < -0.39 is 0 Å². The normalized spacial score (nSPS) is 30.9. The van der Waals surface area contributed by atoms with Crippen molar-refractivity contribution < 1.29 is 4.74 Å². The van der Waals surface area contributed by atoms with Crippen molar-refractivity contribution in [2.45, 2.75) is 26.3 Å². The zero-order valence-corrected chi connectivity index (χ0v) is 9.70. The molecule has 2 N–H and O–H groups in total. The summed E-state index contributed by atoms with van der Waals surface area (Å²) in [5.74, 6) is 1.33. The minimum absolute atomic E-state index is 0.624. The Bertz CT molecular complexity index is 163. The molecule has 14 heavy (non-hydrogen) atoms. The molecule has 1 aliphatic heterocycles. The highest BCUT2D eigenvalue weighted by molar-refractivity contribution is 4.83. The maximum Gasteiger partial charge on any atom is 0.0500 e. The lowest BCUT2D eigenvalue weighted by atomic mass is 10.1. The highest BCUT2D eigenvalue weighted by Crippen LogP contribution is 2.22. The van der Waals surface area contributed by atoms with Crippen LogP contribution in [0.5, 0.6) is 0 Å². The lowest BCUT2D eigenvalue weighted by Gasteiger charge is -2.24. The molecule has 3 heteroatoms. The second-order valence-corrected chi connectivity index (χ2v) is 4.70. The summed E-state index contributed by atoms with van der Waals surface area (Å²) in [6.07, 6.45) is 1.26. The van der Waals surface area contributed by atoms with Crippen molar-refractivity contribution in [3.8, 4) is 0 Å². The molecule has 3 unspecified atom stereocenters. The molecule has 1 aliphatic rings. The van der Waals surface area contributed by atoms with Crippen LogP contribution in [0.3, 0.4) is 0 Å². The van der Waals surface area contributed by atoms with Crippen molar-refractivity contribution >= 4 is 0 Å². The van der Waals surface area contributed by atoms with Gasteiger partial charge >= 0.3 is 0 Å². The topological polar surface area (TPSA) is 38.5 Å². The van der Waals surface area contributed by atoms with Gasteiger partial charge in [-0.2, -0.15) is 0 Å². The van der Waals surface area contributed by atoms with Crippen LogP contribution in [0.1, 0.15) is 20.3 Å². The van der Waals surface area contributed by atoms with Crippen molar-refractivity contribution in [1.82, 2.24) is 4.90 Å². The van der Waals surface area contributed by atoms with Crippen molar-refractivity contribution in [3.63, 3.8) is 0 Å². The van der Waals surface area contributed by atoms with Crippen LogP contribution in [0.15, 0.2) is 0 Å². The number of methoxy groups -OCH3 is 1. The number of ether oxygens (including phenoxy) is 1. The zero-order chi connectivity index (χ0) is 10.6.